The van der Waals surface area contributed by atoms with Crippen LogP contribution in [0.1, 0.15) is 34.6 Å². The maximum Gasteiger partial charge on any atom is 0.237 e. The van der Waals surface area contributed by atoms with E-state index in [9.17, 15) is 4.79 Å². The van der Waals surface area contributed by atoms with E-state index in [1.54, 1.807) is 13.8 Å². The second-order valence-corrected chi connectivity index (χ2v) is 4.36. The monoisotopic (exact) mass is 158 g/mol. The van der Waals surface area contributed by atoms with Crippen LogP contribution in [0.4, 0.5) is 0 Å². The predicted octanol–water partition coefficient (Wildman–Crippen LogP) is 0.638. The molecule has 0 aliphatic rings. The van der Waals surface area contributed by atoms with Gasteiger partial charge in [-0.1, -0.05) is 0 Å². The van der Waals surface area contributed by atoms with Gasteiger partial charge in [0.05, 0.1) is 5.54 Å². The van der Waals surface area contributed by atoms with Crippen LogP contribution >= 0.6 is 0 Å². The minimum absolute atomic E-state index is 0.0848. The number of nitrogens with two attached hydrogens (primary N) is 1. The Hall–Kier alpha value is -0.570. The molecular weight excluding hydrogens is 140 g/mol. The maximum absolute atomic E-state index is 10.9. The van der Waals surface area contributed by atoms with Gasteiger partial charge in [0.1, 0.15) is 0 Å². The molecule has 0 rings (SSSR count). The van der Waals surface area contributed by atoms with Crippen molar-refractivity contribution in [2.75, 3.05) is 0 Å². The van der Waals surface area contributed by atoms with Crippen LogP contribution in [0.3, 0.4) is 0 Å². The second-order valence-electron chi connectivity index (χ2n) is 4.36. The molecule has 0 spiro atoms. The van der Waals surface area contributed by atoms with Crippen LogP contribution in [0.5, 0.6) is 0 Å². The summed E-state index contributed by atoms with van der Waals surface area (Å²) >= 11 is 0. The lowest BCUT2D eigenvalue weighted by atomic mass is 9.98. The third-order valence-electron chi connectivity index (χ3n) is 1.30. The number of carbonyl (C=O) groups excluding carboxylic acids is 1. The van der Waals surface area contributed by atoms with Gasteiger partial charge in [-0.15, -0.1) is 0 Å². The minimum Gasteiger partial charge on any atom is -0.368 e. The first-order valence-corrected chi connectivity index (χ1v) is 3.74. The van der Waals surface area contributed by atoms with Crippen molar-refractivity contribution < 1.29 is 4.79 Å². The van der Waals surface area contributed by atoms with Gasteiger partial charge in [0.25, 0.3) is 0 Å². The SMILES string of the molecule is CC(C)(C)NC(C)(C)C(N)=O. The molecule has 0 saturated carbocycles. The molecule has 0 aliphatic heterocycles. The molecule has 0 saturated heterocycles. The average Bonchev–Trinajstić information content (AvgIpc) is 1.56. The molecule has 0 radical (unpaired) electrons. The highest BCUT2D eigenvalue weighted by Gasteiger charge is 2.28. The first kappa shape index (κ1) is 10.4. The lowest BCUT2D eigenvalue weighted by molar-refractivity contribution is -0.123. The average molecular weight is 158 g/mol. The van der Waals surface area contributed by atoms with E-state index < -0.39 is 5.54 Å². The first-order valence-electron chi connectivity index (χ1n) is 3.74. The standard InChI is InChI=1S/C8H18N2O/c1-7(2,3)10-8(4,5)6(9)11/h10H,1-5H3,(H2,9,11). The quantitative estimate of drug-likeness (QED) is 0.619. The van der Waals surface area contributed by atoms with Gasteiger partial charge in [-0.25, -0.2) is 0 Å². The highest BCUT2D eigenvalue weighted by Crippen LogP contribution is 2.09. The van der Waals surface area contributed by atoms with Crippen molar-refractivity contribution in [1.29, 1.82) is 0 Å². The molecule has 0 fully saturated rings. The Morgan fingerprint density at radius 1 is 1.18 bits per heavy atom. The molecular formula is C8H18N2O. The van der Waals surface area contributed by atoms with Crippen molar-refractivity contribution in [2.24, 2.45) is 5.73 Å². The van der Waals surface area contributed by atoms with E-state index in [0.717, 1.165) is 0 Å². The summed E-state index contributed by atoms with van der Waals surface area (Å²) in [4.78, 5) is 10.9. The Labute approximate surface area is 68.3 Å². The molecule has 0 heterocycles. The molecule has 0 bridgehead atoms. The summed E-state index contributed by atoms with van der Waals surface area (Å²) in [5.74, 6) is -0.326. The van der Waals surface area contributed by atoms with Gasteiger partial charge in [-0.2, -0.15) is 0 Å². The van der Waals surface area contributed by atoms with E-state index in [4.69, 9.17) is 5.73 Å². The highest BCUT2D eigenvalue weighted by molar-refractivity contribution is 5.83. The van der Waals surface area contributed by atoms with Gasteiger partial charge in [0.15, 0.2) is 0 Å². The second kappa shape index (κ2) is 2.81. The first-order chi connectivity index (χ1) is 4.65. The largest absolute Gasteiger partial charge is 0.368 e. The number of hydrogen-bond donors (Lipinski definition) is 2. The summed E-state index contributed by atoms with van der Waals surface area (Å²) < 4.78 is 0. The number of primary amides is 1. The van der Waals surface area contributed by atoms with Crippen LogP contribution in [0.25, 0.3) is 0 Å². The summed E-state index contributed by atoms with van der Waals surface area (Å²) in [6, 6.07) is 0. The number of rotatable bonds is 2. The molecule has 11 heavy (non-hydrogen) atoms. The van der Waals surface area contributed by atoms with Crippen LogP contribution in [-0.4, -0.2) is 17.0 Å². The van der Waals surface area contributed by atoms with Gasteiger partial charge in [0.2, 0.25) is 5.91 Å². The van der Waals surface area contributed by atoms with E-state index in [0.29, 0.717) is 0 Å². The van der Waals surface area contributed by atoms with Gasteiger partial charge >= 0.3 is 0 Å². The van der Waals surface area contributed by atoms with Gasteiger partial charge < -0.3 is 5.73 Å². The van der Waals surface area contributed by atoms with Gasteiger partial charge in [-0.05, 0) is 34.6 Å². The van der Waals surface area contributed by atoms with Gasteiger partial charge in [-0.3, -0.25) is 10.1 Å². The number of nitrogens with one attached hydrogen (secondary N) is 1. The lowest BCUT2D eigenvalue weighted by Gasteiger charge is -2.32. The molecule has 0 aromatic rings. The number of hydrogen-bond acceptors (Lipinski definition) is 2. The Morgan fingerprint density at radius 3 is 1.64 bits per heavy atom. The predicted molar refractivity (Wildman–Crippen MR) is 46.2 cm³/mol. The number of carbonyl (C=O) groups is 1. The summed E-state index contributed by atoms with van der Waals surface area (Å²) in [6.45, 7) is 9.55. The normalized spacial score (nSPS) is 13.2. The Morgan fingerprint density at radius 2 is 1.55 bits per heavy atom. The summed E-state index contributed by atoms with van der Waals surface area (Å²) in [7, 11) is 0. The maximum atomic E-state index is 10.9. The van der Waals surface area contributed by atoms with Crippen LogP contribution in [0.15, 0.2) is 0 Å². The van der Waals surface area contributed by atoms with E-state index in [-0.39, 0.29) is 11.4 Å². The summed E-state index contributed by atoms with van der Waals surface area (Å²) in [6.07, 6.45) is 0. The molecule has 3 nitrogen and oxygen atoms in total. The fourth-order valence-corrected chi connectivity index (χ4v) is 0.999. The van der Waals surface area contributed by atoms with Crippen molar-refractivity contribution in [3.63, 3.8) is 0 Å². The van der Waals surface area contributed by atoms with Gasteiger partial charge in [0, 0.05) is 5.54 Å². The molecule has 66 valence electrons. The molecule has 0 aromatic carbocycles. The zero-order valence-electron chi connectivity index (χ0n) is 7.99. The van der Waals surface area contributed by atoms with E-state index >= 15 is 0 Å². The van der Waals surface area contributed by atoms with Crippen molar-refractivity contribution in [3.8, 4) is 0 Å². The summed E-state index contributed by atoms with van der Waals surface area (Å²) in [5.41, 5.74) is 4.46. The van der Waals surface area contributed by atoms with Crippen molar-refractivity contribution >= 4 is 5.91 Å². The van der Waals surface area contributed by atoms with E-state index in [2.05, 4.69) is 5.32 Å². The molecule has 0 unspecified atom stereocenters. The van der Waals surface area contributed by atoms with Crippen molar-refractivity contribution in [2.45, 2.75) is 45.7 Å². The smallest absolute Gasteiger partial charge is 0.237 e. The molecule has 3 heteroatoms. The summed E-state index contributed by atoms with van der Waals surface area (Å²) in [5, 5.41) is 3.12. The zero-order valence-corrected chi connectivity index (χ0v) is 7.99. The Balaban J connectivity index is 4.25. The molecule has 0 atom stereocenters. The lowest BCUT2D eigenvalue weighted by Crippen LogP contribution is -2.57. The van der Waals surface area contributed by atoms with Crippen LogP contribution < -0.4 is 11.1 Å². The Kier molecular flexibility index (Phi) is 2.67. The third-order valence-corrected chi connectivity index (χ3v) is 1.30. The van der Waals surface area contributed by atoms with Crippen LogP contribution in [0.2, 0.25) is 0 Å². The fourth-order valence-electron chi connectivity index (χ4n) is 0.999. The zero-order chi connectivity index (χ0) is 9.28. The molecule has 0 aliphatic carbocycles. The number of amides is 1. The van der Waals surface area contributed by atoms with Crippen molar-refractivity contribution in [1.82, 2.24) is 5.32 Å². The van der Waals surface area contributed by atoms with Crippen LogP contribution in [0, 0.1) is 0 Å². The molecule has 1 amide bonds. The topological polar surface area (TPSA) is 55.1 Å². The third kappa shape index (κ3) is 3.98. The Bertz CT molecular complexity index is 156. The molecule has 3 N–H and O–H groups in total. The van der Waals surface area contributed by atoms with E-state index in [1.807, 2.05) is 20.8 Å². The van der Waals surface area contributed by atoms with E-state index in [1.165, 1.54) is 0 Å². The van der Waals surface area contributed by atoms with Crippen LogP contribution in [-0.2, 0) is 4.79 Å². The highest BCUT2D eigenvalue weighted by atomic mass is 16.1. The minimum atomic E-state index is -0.627. The fraction of sp³-hybridized carbons (Fsp3) is 0.875. The van der Waals surface area contributed by atoms with Crippen molar-refractivity contribution in [3.05, 3.63) is 0 Å². The molecule has 0 aromatic heterocycles.